The molecule has 0 spiro atoms. The summed E-state index contributed by atoms with van der Waals surface area (Å²) in [5, 5.41) is 6.18. The van der Waals surface area contributed by atoms with Crippen LogP contribution in [0.15, 0.2) is 30.3 Å². The Morgan fingerprint density at radius 1 is 1.20 bits per heavy atom. The average Bonchev–Trinajstić information content (AvgIpc) is 2.46. The normalized spacial score (nSPS) is 21.9. The van der Waals surface area contributed by atoms with Crippen LogP contribution in [0.4, 0.5) is 0 Å². The maximum Gasteiger partial charge on any atom is 0.224 e. The van der Waals surface area contributed by atoms with Gasteiger partial charge in [-0.25, -0.2) is 0 Å². The fourth-order valence-electron chi connectivity index (χ4n) is 1.85. The van der Waals surface area contributed by atoms with Crippen LogP contribution in [0, 0.1) is 5.92 Å². The van der Waals surface area contributed by atoms with Crippen molar-refractivity contribution in [2.45, 2.75) is 6.42 Å². The molecule has 1 heterocycles. The lowest BCUT2D eigenvalue weighted by Crippen LogP contribution is -2.32. The second-order valence-corrected chi connectivity index (χ2v) is 3.88. The molecule has 1 aromatic rings. The fourth-order valence-corrected chi connectivity index (χ4v) is 1.85. The molecule has 0 saturated carbocycles. The molecule has 1 aliphatic heterocycles. The highest BCUT2D eigenvalue weighted by molar-refractivity contribution is 5.79. The van der Waals surface area contributed by atoms with Gasteiger partial charge in [0.15, 0.2) is 0 Å². The molecule has 0 aromatic heterocycles. The Morgan fingerprint density at radius 2 is 2.00 bits per heavy atom. The van der Waals surface area contributed by atoms with E-state index in [1.807, 2.05) is 18.2 Å². The molecule has 3 nitrogen and oxygen atoms in total. The molecule has 2 N–H and O–H groups in total. The van der Waals surface area contributed by atoms with Gasteiger partial charge in [0.25, 0.3) is 0 Å². The zero-order valence-corrected chi connectivity index (χ0v) is 8.70. The van der Waals surface area contributed by atoms with Crippen LogP contribution in [-0.4, -0.2) is 25.5 Å². The number of benzene rings is 1. The first-order valence-electron chi connectivity index (χ1n) is 5.38. The molecule has 3 heteroatoms. The lowest BCUT2D eigenvalue weighted by Gasteiger charge is -2.12. The predicted octanol–water partition coefficient (Wildman–Crippen LogP) is 0.565. The van der Waals surface area contributed by atoms with Crippen molar-refractivity contribution in [3.05, 3.63) is 35.9 Å². The summed E-state index contributed by atoms with van der Waals surface area (Å²) in [5.74, 6) is 0.235. The maximum atomic E-state index is 11.7. The minimum Gasteiger partial charge on any atom is -0.355 e. The van der Waals surface area contributed by atoms with Crippen LogP contribution in [-0.2, 0) is 11.2 Å². The van der Waals surface area contributed by atoms with Crippen LogP contribution >= 0.6 is 0 Å². The minimum absolute atomic E-state index is 0.0647. The smallest absolute Gasteiger partial charge is 0.224 e. The van der Waals surface area contributed by atoms with Crippen LogP contribution in [0.25, 0.3) is 0 Å². The number of carbonyl (C=O) groups is 1. The molecular formula is C12H16N2O. The van der Waals surface area contributed by atoms with Gasteiger partial charge in [-0.1, -0.05) is 30.3 Å². The molecule has 0 bridgehead atoms. The van der Waals surface area contributed by atoms with Crippen LogP contribution in [0.1, 0.15) is 5.56 Å². The summed E-state index contributed by atoms with van der Waals surface area (Å²) in [6, 6.07) is 10.2. The summed E-state index contributed by atoms with van der Waals surface area (Å²) < 4.78 is 0. The van der Waals surface area contributed by atoms with E-state index in [9.17, 15) is 4.79 Å². The lowest BCUT2D eigenvalue weighted by molar-refractivity contribution is -0.124. The molecule has 1 fully saturated rings. The number of rotatable bonds is 2. The quantitative estimate of drug-likeness (QED) is 0.739. The SMILES string of the molecule is O=C1NCCNCC1Cc1ccccc1. The van der Waals surface area contributed by atoms with Crippen molar-refractivity contribution < 1.29 is 4.79 Å². The Hall–Kier alpha value is -1.35. The lowest BCUT2D eigenvalue weighted by atomic mass is 9.99. The number of hydrogen-bond acceptors (Lipinski definition) is 2. The third kappa shape index (κ3) is 2.80. The summed E-state index contributed by atoms with van der Waals surface area (Å²) in [4.78, 5) is 11.7. The number of amides is 1. The standard InChI is InChI=1S/C12H16N2O/c15-12-11(9-13-6-7-14-12)8-10-4-2-1-3-5-10/h1-5,11,13H,6-9H2,(H,14,15). The minimum atomic E-state index is 0.0647. The van der Waals surface area contributed by atoms with Crippen LogP contribution < -0.4 is 10.6 Å². The van der Waals surface area contributed by atoms with Gasteiger partial charge in [-0.2, -0.15) is 0 Å². The first kappa shape index (κ1) is 10.2. The van der Waals surface area contributed by atoms with Crippen LogP contribution in [0.3, 0.4) is 0 Å². The molecule has 15 heavy (non-hydrogen) atoms. The highest BCUT2D eigenvalue weighted by Gasteiger charge is 2.20. The van der Waals surface area contributed by atoms with E-state index < -0.39 is 0 Å². The van der Waals surface area contributed by atoms with E-state index in [1.165, 1.54) is 5.56 Å². The highest BCUT2D eigenvalue weighted by atomic mass is 16.1. The molecule has 80 valence electrons. The Bertz CT molecular complexity index is 324. The van der Waals surface area contributed by atoms with Crippen LogP contribution in [0.2, 0.25) is 0 Å². The van der Waals surface area contributed by atoms with Crippen molar-refractivity contribution in [1.29, 1.82) is 0 Å². The largest absolute Gasteiger partial charge is 0.355 e. The van der Waals surface area contributed by atoms with Crippen molar-refractivity contribution in [3.63, 3.8) is 0 Å². The highest BCUT2D eigenvalue weighted by Crippen LogP contribution is 2.09. The van der Waals surface area contributed by atoms with Crippen LogP contribution in [0.5, 0.6) is 0 Å². The Morgan fingerprint density at radius 3 is 2.80 bits per heavy atom. The van der Waals surface area contributed by atoms with Gasteiger partial charge in [-0.3, -0.25) is 4.79 Å². The van der Waals surface area contributed by atoms with Crippen molar-refractivity contribution in [2.24, 2.45) is 5.92 Å². The molecule has 1 atom stereocenters. The van der Waals surface area contributed by atoms with Gasteiger partial charge in [0.05, 0.1) is 5.92 Å². The molecule has 1 unspecified atom stereocenters. The van der Waals surface area contributed by atoms with E-state index in [0.717, 1.165) is 26.1 Å². The molecule has 1 aromatic carbocycles. The topological polar surface area (TPSA) is 41.1 Å². The second kappa shape index (κ2) is 4.94. The maximum absolute atomic E-state index is 11.7. The zero-order chi connectivity index (χ0) is 10.5. The van der Waals surface area contributed by atoms with Crippen molar-refractivity contribution in [2.75, 3.05) is 19.6 Å². The van der Waals surface area contributed by atoms with Gasteiger partial charge in [-0.05, 0) is 12.0 Å². The zero-order valence-electron chi connectivity index (χ0n) is 8.70. The molecule has 0 aliphatic carbocycles. The van der Waals surface area contributed by atoms with Gasteiger partial charge in [-0.15, -0.1) is 0 Å². The van der Waals surface area contributed by atoms with E-state index in [4.69, 9.17) is 0 Å². The number of nitrogens with one attached hydrogen (secondary N) is 2. The average molecular weight is 204 g/mol. The fraction of sp³-hybridized carbons (Fsp3) is 0.417. The molecule has 0 radical (unpaired) electrons. The molecule has 2 rings (SSSR count). The third-order valence-corrected chi connectivity index (χ3v) is 2.69. The van der Waals surface area contributed by atoms with E-state index in [2.05, 4.69) is 22.8 Å². The van der Waals surface area contributed by atoms with Crippen molar-refractivity contribution in [1.82, 2.24) is 10.6 Å². The summed E-state index contributed by atoms with van der Waals surface area (Å²) in [6.45, 7) is 2.39. The van der Waals surface area contributed by atoms with Gasteiger partial charge in [0.2, 0.25) is 5.91 Å². The Balaban J connectivity index is 2.01. The predicted molar refractivity (Wildman–Crippen MR) is 59.5 cm³/mol. The third-order valence-electron chi connectivity index (χ3n) is 2.69. The summed E-state index contributed by atoms with van der Waals surface area (Å²) >= 11 is 0. The molecule has 1 saturated heterocycles. The number of hydrogen-bond donors (Lipinski definition) is 2. The summed E-state index contributed by atoms with van der Waals surface area (Å²) in [7, 11) is 0. The first-order valence-corrected chi connectivity index (χ1v) is 5.38. The second-order valence-electron chi connectivity index (χ2n) is 3.88. The Kier molecular flexibility index (Phi) is 3.35. The van der Waals surface area contributed by atoms with Crippen molar-refractivity contribution in [3.8, 4) is 0 Å². The van der Waals surface area contributed by atoms with Gasteiger partial charge in [0.1, 0.15) is 0 Å². The first-order chi connectivity index (χ1) is 7.36. The van der Waals surface area contributed by atoms with E-state index in [0.29, 0.717) is 0 Å². The molecule has 1 amide bonds. The number of carbonyl (C=O) groups excluding carboxylic acids is 1. The van der Waals surface area contributed by atoms with E-state index >= 15 is 0 Å². The van der Waals surface area contributed by atoms with Crippen molar-refractivity contribution >= 4 is 5.91 Å². The van der Waals surface area contributed by atoms with Gasteiger partial charge < -0.3 is 10.6 Å². The Labute approximate surface area is 89.9 Å². The van der Waals surface area contributed by atoms with E-state index in [1.54, 1.807) is 0 Å². The summed E-state index contributed by atoms with van der Waals surface area (Å²) in [6.07, 6.45) is 0.819. The summed E-state index contributed by atoms with van der Waals surface area (Å²) in [5.41, 5.74) is 1.22. The molecular weight excluding hydrogens is 188 g/mol. The monoisotopic (exact) mass is 204 g/mol. The van der Waals surface area contributed by atoms with E-state index in [-0.39, 0.29) is 11.8 Å². The van der Waals surface area contributed by atoms with Gasteiger partial charge in [0, 0.05) is 19.6 Å². The molecule has 1 aliphatic rings. The van der Waals surface area contributed by atoms with Gasteiger partial charge >= 0.3 is 0 Å².